The highest BCUT2D eigenvalue weighted by Crippen LogP contribution is 2.35. The maximum Gasteiger partial charge on any atom is 0.0978 e. The first-order valence-corrected chi connectivity index (χ1v) is 12.5. The molecule has 0 atom stereocenters. The Labute approximate surface area is 220 Å². The number of benzene rings is 4. The Kier molecular flexibility index (Phi) is 5.41. The topological polar surface area (TPSA) is 50.5 Å². The first kappa shape index (κ1) is 22.0. The fraction of sp³-hybridized carbons (Fsp3) is 0. The number of aromatic nitrogens is 2. The zero-order valence-corrected chi connectivity index (χ0v) is 20.5. The second-order valence-electron chi connectivity index (χ2n) is 9.21. The second kappa shape index (κ2) is 9.34. The highest BCUT2D eigenvalue weighted by atomic mass is 14.8. The third kappa shape index (κ3) is 3.98. The predicted octanol–water partition coefficient (Wildman–Crippen LogP) is 8.22. The van der Waals surface area contributed by atoms with Crippen LogP contribution in [0.25, 0.3) is 33.0 Å². The molecule has 6 aromatic rings. The predicted molar refractivity (Wildman–Crippen MR) is 156 cm³/mol. The van der Waals surface area contributed by atoms with E-state index in [4.69, 9.17) is 9.98 Å². The standard InChI is InChI=1S/C34H22N4/c1-5-25-6-2-10-31-32(25)30(9-1)33(37-28-15-11-23(12-16-28)26-7-3-19-35-21-26)34(31)38-29-17-13-24(14-18-29)27-8-4-20-36-22-27/h1-22H. The van der Waals surface area contributed by atoms with E-state index in [2.05, 4.69) is 107 Å². The van der Waals surface area contributed by atoms with E-state index in [1.54, 1.807) is 12.4 Å². The summed E-state index contributed by atoms with van der Waals surface area (Å²) in [6.45, 7) is 0. The van der Waals surface area contributed by atoms with Gasteiger partial charge in [-0.3, -0.25) is 9.97 Å². The molecule has 0 saturated carbocycles. The first-order valence-electron chi connectivity index (χ1n) is 12.5. The van der Waals surface area contributed by atoms with Gasteiger partial charge in [-0.1, -0.05) is 72.8 Å². The van der Waals surface area contributed by atoms with Gasteiger partial charge in [0.25, 0.3) is 0 Å². The van der Waals surface area contributed by atoms with Gasteiger partial charge in [0.2, 0.25) is 0 Å². The van der Waals surface area contributed by atoms with Crippen LogP contribution in [0.5, 0.6) is 0 Å². The van der Waals surface area contributed by atoms with Crippen LogP contribution in [0, 0.1) is 0 Å². The lowest BCUT2D eigenvalue weighted by atomic mass is 10.1. The molecule has 1 aliphatic rings. The normalized spacial score (nSPS) is 14.4. The number of aliphatic imine (C=N–C) groups is 2. The number of pyridine rings is 2. The molecule has 2 aromatic heterocycles. The highest BCUT2D eigenvalue weighted by Gasteiger charge is 2.27. The Morgan fingerprint density at radius 3 is 1.32 bits per heavy atom. The Morgan fingerprint density at radius 1 is 0.421 bits per heavy atom. The summed E-state index contributed by atoms with van der Waals surface area (Å²) in [7, 11) is 0. The molecular weight excluding hydrogens is 464 g/mol. The number of hydrogen-bond acceptors (Lipinski definition) is 4. The molecule has 0 amide bonds. The molecule has 0 aliphatic heterocycles. The van der Waals surface area contributed by atoms with Crippen LogP contribution in [0.4, 0.5) is 11.4 Å². The lowest BCUT2D eigenvalue weighted by Gasteiger charge is -2.06. The van der Waals surface area contributed by atoms with Crippen LogP contribution >= 0.6 is 0 Å². The molecule has 0 spiro atoms. The third-order valence-electron chi connectivity index (χ3n) is 6.85. The molecule has 178 valence electrons. The van der Waals surface area contributed by atoms with Crippen molar-refractivity contribution in [3.8, 4) is 22.3 Å². The summed E-state index contributed by atoms with van der Waals surface area (Å²) in [6, 6.07) is 37.4. The van der Waals surface area contributed by atoms with Crippen LogP contribution in [0.2, 0.25) is 0 Å². The largest absolute Gasteiger partial charge is 0.264 e. The summed E-state index contributed by atoms with van der Waals surface area (Å²) in [5, 5.41) is 2.39. The molecule has 0 fully saturated rings. The second-order valence-corrected chi connectivity index (χ2v) is 9.21. The average molecular weight is 487 g/mol. The molecule has 0 bridgehead atoms. The van der Waals surface area contributed by atoms with Gasteiger partial charge in [0.1, 0.15) is 0 Å². The van der Waals surface area contributed by atoms with Gasteiger partial charge < -0.3 is 0 Å². The van der Waals surface area contributed by atoms with Gasteiger partial charge in [0.05, 0.1) is 22.8 Å². The van der Waals surface area contributed by atoms with E-state index in [0.717, 1.165) is 56.2 Å². The minimum atomic E-state index is 0.886. The molecule has 0 unspecified atom stereocenters. The Balaban J connectivity index is 1.32. The van der Waals surface area contributed by atoms with E-state index in [-0.39, 0.29) is 0 Å². The molecule has 0 N–H and O–H groups in total. The van der Waals surface area contributed by atoms with Gasteiger partial charge in [0, 0.05) is 41.3 Å². The quantitative estimate of drug-likeness (QED) is 0.252. The number of rotatable bonds is 4. The SMILES string of the molecule is c1cncc(-c2ccc(N=C3C(=Nc4ccc(-c5cccnc5)cc4)c4cccc5cccc3c45)cc2)c1. The fourth-order valence-corrected chi connectivity index (χ4v) is 5.00. The lowest BCUT2D eigenvalue weighted by Crippen LogP contribution is -2.10. The van der Waals surface area contributed by atoms with E-state index < -0.39 is 0 Å². The smallest absolute Gasteiger partial charge is 0.0978 e. The summed E-state index contributed by atoms with van der Waals surface area (Å²) in [5.74, 6) is 0. The van der Waals surface area contributed by atoms with Gasteiger partial charge in [-0.25, -0.2) is 9.98 Å². The van der Waals surface area contributed by atoms with Crippen molar-refractivity contribution in [1.82, 2.24) is 9.97 Å². The highest BCUT2D eigenvalue weighted by molar-refractivity contribution is 6.61. The van der Waals surface area contributed by atoms with Crippen molar-refractivity contribution in [1.29, 1.82) is 0 Å². The van der Waals surface area contributed by atoms with Gasteiger partial charge >= 0.3 is 0 Å². The van der Waals surface area contributed by atoms with Gasteiger partial charge in [-0.15, -0.1) is 0 Å². The molecule has 4 heteroatoms. The minimum absolute atomic E-state index is 0.886. The van der Waals surface area contributed by atoms with Crippen LogP contribution < -0.4 is 0 Å². The molecule has 4 aromatic carbocycles. The molecule has 2 heterocycles. The van der Waals surface area contributed by atoms with Crippen molar-refractivity contribution in [2.75, 3.05) is 0 Å². The average Bonchev–Trinajstić information content (AvgIpc) is 3.28. The monoisotopic (exact) mass is 486 g/mol. The van der Waals surface area contributed by atoms with Gasteiger partial charge in [-0.2, -0.15) is 0 Å². The zero-order chi connectivity index (χ0) is 25.3. The molecule has 0 radical (unpaired) electrons. The van der Waals surface area contributed by atoms with Crippen molar-refractivity contribution in [2.24, 2.45) is 9.98 Å². The first-order chi connectivity index (χ1) is 18.8. The van der Waals surface area contributed by atoms with Crippen LogP contribution in [-0.2, 0) is 0 Å². The van der Waals surface area contributed by atoms with Crippen molar-refractivity contribution in [3.05, 3.63) is 145 Å². The molecule has 0 saturated heterocycles. The summed E-state index contributed by atoms with van der Waals surface area (Å²) >= 11 is 0. The van der Waals surface area contributed by atoms with E-state index in [1.807, 2.05) is 24.5 Å². The van der Waals surface area contributed by atoms with E-state index in [1.165, 1.54) is 10.8 Å². The summed E-state index contributed by atoms with van der Waals surface area (Å²) < 4.78 is 0. The molecule has 1 aliphatic carbocycles. The minimum Gasteiger partial charge on any atom is -0.264 e. The maximum absolute atomic E-state index is 5.14. The zero-order valence-electron chi connectivity index (χ0n) is 20.5. The summed E-state index contributed by atoms with van der Waals surface area (Å²) in [5.41, 5.74) is 10.2. The summed E-state index contributed by atoms with van der Waals surface area (Å²) in [6.07, 6.45) is 7.32. The van der Waals surface area contributed by atoms with Gasteiger partial charge in [-0.05, 0) is 64.0 Å². The molecule has 7 rings (SSSR count). The van der Waals surface area contributed by atoms with E-state index in [0.29, 0.717) is 0 Å². The summed E-state index contributed by atoms with van der Waals surface area (Å²) in [4.78, 5) is 18.7. The van der Waals surface area contributed by atoms with Crippen LogP contribution in [0.15, 0.2) is 144 Å². The Hall–Kier alpha value is -5.22. The lowest BCUT2D eigenvalue weighted by molar-refractivity contribution is 1.33. The van der Waals surface area contributed by atoms with Crippen molar-refractivity contribution < 1.29 is 0 Å². The Morgan fingerprint density at radius 2 is 0.895 bits per heavy atom. The molecule has 4 nitrogen and oxygen atoms in total. The van der Waals surface area contributed by atoms with Gasteiger partial charge in [0.15, 0.2) is 0 Å². The van der Waals surface area contributed by atoms with Crippen LogP contribution in [0.1, 0.15) is 11.1 Å². The van der Waals surface area contributed by atoms with Crippen molar-refractivity contribution >= 4 is 33.6 Å². The fourth-order valence-electron chi connectivity index (χ4n) is 5.00. The molecule has 38 heavy (non-hydrogen) atoms. The van der Waals surface area contributed by atoms with Crippen molar-refractivity contribution in [2.45, 2.75) is 0 Å². The number of nitrogens with zero attached hydrogens (tertiary/aromatic N) is 4. The van der Waals surface area contributed by atoms with E-state index >= 15 is 0 Å². The maximum atomic E-state index is 5.14. The van der Waals surface area contributed by atoms with Crippen molar-refractivity contribution in [3.63, 3.8) is 0 Å². The van der Waals surface area contributed by atoms with E-state index in [9.17, 15) is 0 Å². The van der Waals surface area contributed by atoms with Crippen LogP contribution in [-0.4, -0.2) is 21.4 Å². The van der Waals surface area contributed by atoms with Crippen LogP contribution in [0.3, 0.4) is 0 Å². The Bertz CT molecular complexity index is 1690. The molecular formula is C34H22N4. The third-order valence-corrected chi connectivity index (χ3v) is 6.85. The number of hydrogen-bond donors (Lipinski definition) is 0.